The van der Waals surface area contributed by atoms with E-state index in [1.165, 1.54) is 28.0 Å². The summed E-state index contributed by atoms with van der Waals surface area (Å²) in [4.78, 5) is 29.7. The van der Waals surface area contributed by atoms with Crippen molar-refractivity contribution in [3.05, 3.63) is 34.2 Å². The molecule has 7 heteroatoms. The molecule has 1 aromatic heterocycles. The Morgan fingerprint density at radius 3 is 2.46 bits per heavy atom. The number of nitrogens with one attached hydrogen (secondary N) is 1. The molecule has 6 nitrogen and oxygen atoms in total. The van der Waals surface area contributed by atoms with Gasteiger partial charge in [0.1, 0.15) is 0 Å². The summed E-state index contributed by atoms with van der Waals surface area (Å²) >= 11 is 1.39. The highest BCUT2D eigenvalue weighted by Crippen LogP contribution is 2.30. The minimum atomic E-state index is -0.343. The molecule has 0 bridgehead atoms. The summed E-state index contributed by atoms with van der Waals surface area (Å²) in [6, 6.07) is 4.26. The molecule has 140 valence electrons. The van der Waals surface area contributed by atoms with Gasteiger partial charge in [-0.2, -0.15) is 0 Å². The van der Waals surface area contributed by atoms with Crippen LogP contribution in [0.5, 0.6) is 0 Å². The standard InChI is InChI=1S/C19H25N3O3S/c1-6-25-17(24)10-22(5)9-16(23)21-19-20-15(11-26-19)18-13(3)7-12(2)8-14(18)4/h7-8,11H,6,9-10H2,1-5H3,(H,20,21,23). The second-order valence-corrected chi connectivity index (χ2v) is 7.20. The third-order valence-electron chi connectivity index (χ3n) is 3.80. The average Bonchev–Trinajstić information content (AvgIpc) is 2.93. The molecule has 26 heavy (non-hydrogen) atoms. The summed E-state index contributed by atoms with van der Waals surface area (Å²) in [6.45, 7) is 8.46. The molecular weight excluding hydrogens is 350 g/mol. The summed E-state index contributed by atoms with van der Waals surface area (Å²) in [6.07, 6.45) is 0. The van der Waals surface area contributed by atoms with Gasteiger partial charge in [0.15, 0.2) is 5.13 Å². The van der Waals surface area contributed by atoms with Gasteiger partial charge in [-0.1, -0.05) is 17.7 Å². The summed E-state index contributed by atoms with van der Waals surface area (Å²) in [5.41, 5.74) is 5.52. The zero-order valence-electron chi connectivity index (χ0n) is 15.9. The summed E-state index contributed by atoms with van der Waals surface area (Å²) < 4.78 is 4.87. The van der Waals surface area contributed by atoms with Crippen molar-refractivity contribution in [2.45, 2.75) is 27.7 Å². The van der Waals surface area contributed by atoms with Gasteiger partial charge in [-0.25, -0.2) is 4.98 Å². The number of carbonyl (C=O) groups excluding carboxylic acids is 2. The summed E-state index contributed by atoms with van der Waals surface area (Å²) in [7, 11) is 1.70. The second kappa shape index (κ2) is 8.91. The van der Waals surface area contributed by atoms with Crippen molar-refractivity contribution < 1.29 is 14.3 Å². The average molecular weight is 375 g/mol. The molecule has 0 saturated carbocycles. The fourth-order valence-electron chi connectivity index (χ4n) is 2.92. The number of aryl methyl sites for hydroxylation is 3. The zero-order chi connectivity index (χ0) is 19.3. The molecule has 0 radical (unpaired) electrons. The fraction of sp³-hybridized carbons (Fsp3) is 0.421. The van der Waals surface area contributed by atoms with E-state index in [-0.39, 0.29) is 25.0 Å². The van der Waals surface area contributed by atoms with E-state index >= 15 is 0 Å². The number of benzene rings is 1. The third-order valence-corrected chi connectivity index (χ3v) is 4.56. The van der Waals surface area contributed by atoms with Crippen LogP contribution < -0.4 is 5.32 Å². The van der Waals surface area contributed by atoms with Crippen molar-refractivity contribution >= 4 is 28.3 Å². The minimum absolute atomic E-state index is 0.0755. The van der Waals surface area contributed by atoms with Crippen molar-refractivity contribution in [2.24, 2.45) is 0 Å². The molecule has 1 aromatic carbocycles. The number of rotatable bonds is 7. The lowest BCUT2D eigenvalue weighted by Gasteiger charge is -2.14. The van der Waals surface area contributed by atoms with Gasteiger partial charge in [0.05, 0.1) is 25.4 Å². The van der Waals surface area contributed by atoms with Crippen molar-refractivity contribution in [1.82, 2.24) is 9.88 Å². The van der Waals surface area contributed by atoms with Crippen LogP contribution in [0, 0.1) is 20.8 Å². The Morgan fingerprint density at radius 1 is 1.19 bits per heavy atom. The van der Waals surface area contributed by atoms with E-state index in [0.717, 1.165) is 11.3 Å². The molecule has 0 aliphatic carbocycles. The number of nitrogens with zero attached hydrogens (tertiary/aromatic N) is 2. The van der Waals surface area contributed by atoms with Gasteiger partial charge in [-0.05, 0) is 45.9 Å². The molecule has 0 spiro atoms. The lowest BCUT2D eigenvalue weighted by molar-refractivity contribution is -0.144. The minimum Gasteiger partial charge on any atom is -0.465 e. The van der Waals surface area contributed by atoms with Crippen LogP contribution in [0.3, 0.4) is 0 Å². The van der Waals surface area contributed by atoms with Gasteiger partial charge in [0.25, 0.3) is 0 Å². The Labute approximate surface area is 158 Å². The molecule has 0 unspecified atom stereocenters. The Kier molecular flexibility index (Phi) is 6.88. The van der Waals surface area contributed by atoms with E-state index in [1.807, 2.05) is 5.38 Å². The van der Waals surface area contributed by atoms with Crippen molar-refractivity contribution in [2.75, 3.05) is 32.1 Å². The maximum Gasteiger partial charge on any atom is 0.320 e. The van der Waals surface area contributed by atoms with Crippen LogP contribution in [0.2, 0.25) is 0 Å². The van der Waals surface area contributed by atoms with Crippen LogP contribution in [-0.2, 0) is 14.3 Å². The fourth-order valence-corrected chi connectivity index (χ4v) is 3.63. The van der Waals surface area contributed by atoms with Crippen LogP contribution in [-0.4, -0.2) is 48.5 Å². The second-order valence-electron chi connectivity index (χ2n) is 6.34. The molecule has 2 rings (SSSR count). The van der Waals surface area contributed by atoms with Crippen LogP contribution in [0.1, 0.15) is 23.6 Å². The number of amides is 1. The van der Waals surface area contributed by atoms with Crippen LogP contribution >= 0.6 is 11.3 Å². The first kappa shape index (κ1) is 20.1. The molecule has 1 amide bonds. The van der Waals surface area contributed by atoms with E-state index in [0.29, 0.717) is 11.7 Å². The van der Waals surface area contributed by atoms with Gasteiger partial charge in [-0.3, -0.25) is 14.5 Å². The Bertz CT molecular complexity index is 778. The monoisotopic (exact) mass is 375 g/mol. The normalized spacial score (nSPS) is 10.8. The van der Waals surface area contributed by atoms with Gasteiger partial charge < -0.3 is 10.1 Å². The number of ether oxygens (including phenoxy) is 1. The van der Waals surface area contributed by atoms with Crippen molar-refractivity contribution in [1.29, 1.82) is 0 Å². The molecule has 1 heterocycles. The van der Waals surface area contributed by atoms with Crippen LogP contribution in [0.25, 0.3) is 11.3 Å². The maximum atomic E-state index is 12.1. The molecule has 0 saturated heterocycles. The number of hydrogen-bond donors (Lipinski definition) is 1. The topological polar surface area (TPSA) is 71.5 Å². The first-order valence-electron chi connectivity index (χ1n) is 8.48. The van der Waals surface area contributed by atoms with Crippen LogP contribution in [0.4, 0.5) is 5.13 Å². The number of hydrogen-bond acceptors (Lipinski definition) is 6. The molecule has 0 aliphatic heterocycles. The maximum absolute atomic E-state index is 12.1. The zero-order valence-corrected chi connectivity index (χ0v) is 16.7. The Morgan fingerprint density at radius 2 is 1.85 bits per heavy atom. The highest BCUT2D eigenvalue weighted by Gasteiger charge is 2.14. The van der Waals surface area contributed by atoms with E-state index in [1.54, 1.807) is 18.9 Å². The van der Waals surface area contributed by atoms with Gasteiger partial charge in [0.2, 0.25) is 5.91 Å². The lowest BCUT2D eigenvalue weighted by atomic mass is 9.98. The number of esters is 1. The highest BCUT2D eigenvalue weighted by atomic mass is 32.1. The molecule has 2 aromatic rings. The first-order valence-corrected chi connectivity index (χ1v) is 9.35. The molecule has 0 fully saturated rings. The molecule has 0 atom stereocenters. The van der Waals surface area contributed by atoms with E-state index in [9.17, 15) is 9.59 Å². The lowest BCUT2D eigenvalue weighted by Crippen LogP contribution is -2.34. The molecule has 1 N–H and O–H groups in total. The van der Waals surface area contributed by atoms with Gasteiger partial charge >= 0.3 is 5.97 Å². The number of anilines is 1. The van der Waals surface area contributed by atoms with Gasteiger partial charge in [0, 0.05) is 10.9 Å². The highest BCUT2D eigenvalue weighted by molar-refractivity contribution is 7.14. The first-order chi connectivity index (χ1) is 12.3. The van der Waals surface area contributed by atoms with Crippen LogP contribution in [0.15, 0.2) is 17.5 Å². The SMILES string of the molecule is CCOC(=O)CN(C)CC(=O)Nc1nc(-c2c(C)cc(C)cc2C)cs1. The number of carbonyl (C=O) groups is 2. The van der Waals surface area contributed by atoms with Crippen molar-refractivity contribution in [3.63, 3.8) is 0 Å². The van der Waals surface area contributed by atoms with Crippen molar-refractivity contribution in [3.8, 4) is 11.3 Å². The predicted octanol–water partition coefficient (Wildman–Crippen LogP) is 3.17. The Hall–Kier alpha value is -2.25. The Balaban J connectivity index is 2.00. The summed E-state index contributed by atoms with van der Waals surface area (Å²) in [5.74, 6) is -0.556. The predicted molar refractivity (Wildman–Crippen MR) is 105 cm³/mol. The number of thiazole rings is 1. The largest absolute Gasteiger partial charge is 0.465 e. The molecule has 0 aliphatic rings. The third kappa shape index (κ3) is 5.37. The number of likely N-dealkylation sites (N-methyl/N-ethyl adjacent to an activating group) is 1. The van der Waals surface area contributed by atoms with E-state index < -0.39 is 0 Å². The number of aromatic nitrogens is 1. The van der Waals surface area contributed by atoms with Gasteiger partial charge in [-0.15, -0.1) is 11.3 Å². The summed E-state index contributed by atoms with van der Waals surface area (Å²) in [5, 5.41) is 5.29. The van der Waals surface area contributed by atoms with E-state index in [4.69, 9.17) is 4.74 Å². The smallest absolute Gasteiger partial charge is 0.320 e. The quantitative estimate of drug-likeness (QED) is 0.753. The molecular formula is C19H25N3O3S. The van der Waals surface area contributed by atoms with E-state index in [2.05, 4.69) is 43.2 Å².